The van der Waals surface area contributed by atoms with Gasteiger partial charge in [-0.25, -0.2) is 10.8 Å². The maximum Gasteiger partial charge on any atom is 0.434 e. The van der Waals surface area contributed by atoms with E-state index in [1.807, 2.05) is 0 Å². The Balaban J connectivity index is 1.86. The monoisotopic (exact) mass is 463 g/mol. The highest BCUT2D eigenvalue weighted by Gasteiger charge is 2.33. The van der Waals surface area contributed by atoms with Crippen molar-refractivity contribution in [3.8, 4) is 5.75 Å². The summed E-state index contributed by atoms with van der Waals surface area (Å²) >= 11 is 0. The van der Waals surface area contributed by atoms with E-state index in [0.29, 0.717) is 22.4 Å². The van der Waals surface area contributed by atoms with E-state index in [2.05, 4.69) is 28.8 Å². The zero-order valence-corrected chi connectivity index (χ0v) is 18.7. The summed E-state index contributed by atoms with van der Waals surface area (Å²) in [6, 6.07) is 3.45. The van der Waals surface area contributed by atoms with Crippen LogP contribution in [0.15, 0.2) is 24.5 Å². The van der Waals surface area contributed by atoms with Crippen molar-refractivity contribution in [1.29, 1.82) is 0 Å². The molecule has 1 amide bonds. The van der Waals surface area contributed by atoms with Gasteiger partial charge in [-0.05, 0) is 49.0 Å². The maximum absolute atomic E-state index is 12.9. The van der Waals surface area contributed by atoms with Crippen LogP contribution < -0.4 is 26.3 Å². The molecule has 1 aliphatic rings. The van der Waals surface area contributed by atoms with E-state index >= 15 is 0 Å². The van der Waals surface area contributed by atoms with Crippen molar-refractivity contribution in [1.82, 2.24) is 15.0 Å². The molecule has 1 aliphatic carbocycles. The molecule has 0 aliphatic heterocycles. The zero-order valence-electron chi connectivity index (χ0n) is 18.7. The van der Waals surface area contributed by atoms with E-state index in [4.69, 9.17) is 10.6 Å². The number of carbonyl (C=O) groups excluding carboxylic acids is 1. The van der Waals surface area contributed by atoms with Gasteiger partial charge in [0, 0.05) is 17.5 Å². The van der Waals surface area contributed by atoms with Gasteiger partial charge < -0.3 is 15.1 Å². The molecule has 0 unspecified atom stereocenters. The number of amides is 1. The van der Waals surface area contributed by atoms with E-state index in [9.17, 15) is 18.0 Å². The van der Waals surface area contributed by atoms with Gasteiger partial charge in [0.25, 0.3) is 5.91 Å². The predicted molar refractivity (Wildman–Crippen MR) is 119 cm³/mol. The largest absolute Gasteiger partial charge is 0.495 e. The summed E-state index contributed by atoms with van der Waals surface area (Å²) in [6.45, 7) is 6.22. The highest BCUT2D eigenvalue weighted by molar-refractivity contribution is 6.03. The van der Waals surface area contributed by atoms with E-state index in [0.717, 1.165) is 37.8 Å². The summed E-state index contributed by atoms with van der Waals surface area (Å²) in [6.07, 6.45) is 3.99. The van der Waals surface area contributed by atoms with Gasteiger partial charge in [0.1, 0.15) is 11.4 Å². The summed E-state index contributed by atoms with van der Waals surface area (Å²) in [5.74, 6) is 6.50. The van der Waals surface area contributed by atoms with Crippen molar-refractivity contribution < 1.29 is 22.7 Å². The summed E-state index contributed by atoms with van der Waals surface area (Å²) < 4.78 is 44.0. The van der Waals surface area contributed by atoms with Gasteiger partial charge in [-0.3, -0.25) is 9.78 Å². The number of anilines is 1. The smallest absolute Gasteiger partial charge is 0.434 e. The average Bonchev–Trinajstić information content (AvgIpc) is 2.80. The Hall–Kier alpha value is -3.14. The normalized spacial score (nSPS) is 19.3. The molecule has 1 heterocycles. The lowest BCUT2D eigenvalue weighted by atomic mass is 9.84. The molecule has 0 saturated heterocycles. The second kappa shape index (κ2) is 10.2. The number of hydrogen-bond donors (Lipinski definition) is 2. The number of halogens is 3. The van der Waals surface area contributed by atoms with Crippen LogP contribution in [0.3, 0.4) is 0 Å². The highest BCUT2D eigenvalue weighted by Crippen LogP contribution is 2.29. The molecule has 2 aromatic rings. The Bertz CT molecular complexity index is 1100. The summed E-state index contributed by atoms with van der Waals surface area (Å²) in [4.78, 5) is 19.4. The van der Waals surface area contributed by atoms with Crippen LogP contribution in [-0.4, -0.2) is 34.0 Å². The van der Waals surface area contributed by atoms with Gasteiger partial charge in [0.2, 0.25) is 0 Å². The minimum Gasteiger partial charge on any atom is -0.495 e. The van der Waals surface area contributed by atoms with Crippen LogP contribution in [0.25, 0.3) is 12.8 Å². The van der Waals surface area contributed by atoms with Crippen molar-refractivity contribution in [2.45, 2.75) is 51.2 Å². The fourth-order valence-electron chi connectivity index (χ4n) is 3.94. The molecule has 1 fully saturated rings. The molecule has 3 N–H and O–H groups in total. The van der Waals surface area contributed by atoms with Crippen molar-refractivity contribution in [3.05, 3.63) is 46.4 Å². The van der Waals surface area contributed by atoms with E-state index < -0.39 is 23.5 Å². The number of ether oxygens (including phenoxy) is 1. The third-order valence-corrected chi connectivity index (χ3v) is 5.97. The molecule has 1 aromatic carbocycles. The number of carbonyl (C=O) groups is 1. The number of aromatic nitrogens is 2. The van der Waals surface area contributed by atoms with Crippen molar-refractivity contribution >= 4 is 24.4 Å². The zero-order chi connectivity index (χ0) is 24.2. The van der Waals surface area contributed by atoms with E-state index in [1.54, 1.807) is 23.3 Å². The molecular weight excluding hydrogens is 435 g/mol. The molecule has 10 heteroatoms. The number of nitrogens with two attached hydrogens (primary N) is 1. The molecule has 7 nitrogen and oxygen atoms in total. The Kier molecular flexibility index (Phi) is 7.57. The standard InChI is InChI=1S/C23H28F3N5O2/c1-4-15-5-7-17(8-6-15)31(27)13-16-10-18(20(33-3)9-14(16)2)30-22(32)19-11-28-12-21(29-19)23(24,25)26/h9-13,15,17H,2,4-8,27H2,1,3H3,(H,30,32)/b16-13-. The number of hydrazine groups is 1. The van der Waals surface area contributed by atoms with Gasteiger partial charge in [-0.2, -0.15) is 13.2 Å². The summed E-state index contributed by atoms with van der Waals surface area (Å²) in [5.41, 5.74) is -1.46. The SMILES string of the molecule is C=c1cc(OC)c(NC(=O)c2cncc(C(F)(F)F)n2)c/c1=C/N(N)C1CCC(CC)CC1. The topological polar surface area (TPSA) is 93.4 Å². The number of hydrogen-bond acceptors (Lipinski definition) is 6. The number of nitrogens with zero attached hydrogens (tertiary/aromatic N) is 3. The predicted octanol–water partition coefficient (Wildman–Crippen LogP) is 3.05. The molecule has 3 rings (SSSR count). The Morgan fingerprint density at radius 1 is 1.30 bits per heavy atom. The Labute approximate surface area is 190 Å². The summed E-state index contributed by atoms with van der Waals surface area (Å²) in [5, 5.41) is 5.50. The first-order chi connectivity index (χ1) is 15.6. The van der Waals surface area contributed by atoms with Gasteiger partial charge in [0.15, 0.2) is 5.69 Å². The van der Waals surface area contributed by atoms with Crippen LogP contribution in [0.1, 0.15) is 55.2 Å². The molecule has 1 saturated carbocycles. The molecule has 0 radical (unpaired) electrons. The third kappa shape index (κ3) is 6.01. The van der Waals surface area contributed by atoms with Crippen LogP contribution in [0.4, 0.5) is 18.9 Å². The van der Waals surface area contributed by atoms with Gasteiger partial charge in [-0.15, -0.1) is 0 Å². The van der Waals surface area contributed by atoms with Crippen LogP contribution in [0, 0.1) is 5.92 Å². The fraction of sp³-hybridized carbons (Fsp3) is 0.435. The first kappa shape index (κ1) is 24.5. The quantitative estimate of drug-likeness (QED) is 0.505. The lowest BCUT2D eigenvalue weighted by Crippen LogP contribution is -2.41. The lowest BCUT2D eigenvalue weighted by Gasteiger charge is -2.33. The minimum absolute atomic E-state index is 0.202. The third-order valence-electron chi connectivity index (χ3n) is 5.97. The van der Waals surface area contributed by atoms with Crippen molar-refractivity contribution in [2.24, 2.45) is 11.8 Å². The molecular formula is C23H28F3N5O2. The molecule has 178 valence electrons. The number of methoxy groups -OCH3 is 1. The van der Waals surface area contributed by atoms with Gasteiger partial charge in [0.05, 0.1) is 25.2 Å². The molecule has 0 spiro atoms. The first-order valence-corrected chi connectivity index (χ1v) is 10.7. The van der Waals surface area contributed by atoms with Crippen molar-refractivity contribution in [3.63, 3.8) is 0 Å². The second-order valence-corrected chi connectivity index (χ2v) is 8.15. The van der Waals surface area contributed by atoms with Crippen LogP contribution in [-0.2, 0) is 6.18 Å². The highest BCUT2D eigenvalue weighted by atomic mass is 19.4. The van der Waals surface area contributed by atoms with Crippen LogP contribution in [0.2, 0.25) is 0 Å². The Morgan fingerprint density at radius 2 is 2.00 bits per heavy atom. The second-order valence-electron chi connectivity index (χ2n) is 8.15. The molecule has 1 aromatic heterocycles. The van der Waals surface area contributed by atoms with Gasteiger partial charge in [-0.1, -0.05) is 19.9 Å². The van der Waals surface area contributed by atoms with E-state index in [-0.39, 0.29) is 11.7 Å². The number of benzene rings is 1. The first-order valence-electron chi connectivity index (χ1n) is 10.7. The molecule has 0 atom stereocenters. The van der Waals surface area contributed by atoms with E-state index in [1.165, 1.54) is 13.5 Å². The molecule has 33 heavy (non-hydrogen) atoms. The fourth-order valence-corrected chi connectivity index (χ4v) is 3.94. The van der Waals surface area contributed by atoms with Crippen LogP contribution in [0.5, 0.6) is 5.75 Å². The number of nitrogens with one attached hydrogen (secondary N) is 1. The minimum atomic E-state index is -4.71. The van der Waals surface area contributed by atoms with Crippen molar-refractivity contribution in [2.75, 3.05) is 12.4 Å². The average molecular weight is 464 g/mol. The lowest BCUT2D eigenvalue weighted by molar-refractivity contribution is -0.141. The van der Waals surface area contributed by atoms with Crippen LogP contribution >= 0.6 is 0 Å². The number of rotatable bonds is 6. The Morgan fingerprint density at radius 3 is 2.61 bits per heavy atom. The van der Waals surface area contributed by atoms with Gasteiger partial charge >= 0.3 is 6.18 Å². The number of alkyl halides is 3. The summed E-state index contributed by atoms with van der Waals surface area (Å²) in [7, 11) is 1.42. The molecule has 0 bridgehead atoms. The maximum atomic E-state index is 12.9.